The highest BCUT2D eigenvalue weighted by atomic mass is 16.5. The van der Waals surface area contributed by atoms with E-state index in [2.05, 4.69) is 10.6 Å². The van der Waals surface area contributed by atoms with Crippen LogP contribution in [-0.4, -0.2) is 42.7 Å². The average molecular weight is 633 g/mol. The van der Waals surface area contributed by atoms with Crippen molar-refractivity contribution >= 4 is 0 Å². The van der Waals surface area contributed by atoms with Gasteiger partial charge in [-0.05, 0) is 130 Å². The van der Waals surface area contributed by atoms with E-state index in [1.165, 1.54) is 141 Å². The molecule has 17 unspecified atom stereocenters. The minimum Gasteiger partial charge on any atom is -0.374 e. The second-order valence-electron chi connectivity index (χ2n) is 19.3. The number of fused-ring (bicyclic) bond motifs is 9. The molecule has 4 nitrogen and oxygen atoms in total. The van der Waals surface area contributed by atoms with Crippen LogP contribution in [0.15, 0.2) is 0 Å². The molecule has 0 spiro atoms. The van der Waals surface area contributed by atoms with Gasteiger partial charge >= 0.3 is 0 Å². The number of hydrogen-bond acceptors (Lipinski definition) is 4. The molecule has 10 aliphatic rings. The standard InChI is InChI=1S/C42H68N2O2/c1-2-11-26(12-3-1)34-24-35-31-21-20-29(23-37(31)46-40(35)32-15-7-6-14-30(32)34)42-43-38(28-19-18-25-10-4-5-13-27(25)22-28)41-39(44-42)33-16-8-9-17-36(33)45-41/h25-44H,1-24H2. The SMILES string of the molecule is C1CCC(C2CC3C4CCC(C5NC(C6CCC7CCCCC7C6)C6OC7CCCCC7C6N5)CC4OC3C3CCCCC23)CC1. The molecule has 0 radical (unpaired) electrons. The highest BCUT2D eigenvalue weighted by Crippen LogP contribution is 2.59. The molecule has 46 heavy (non-hydrogen) atoms. The van der Waals surface area contributed by atoms with Crippen LogP contribution in [0, 0.1) is 65.1 Å². The Labute approximate surface area is 281 Å². The molecule has 3 saturated heterocycles. The van der Waals surface area contributed by atoms with Gasteiger partial charge in [0, 0.05) is 18.0 Å². The van der Waals surface area contributed by atoms with E-state index in [-0.39, 0.29) is 0 Å². The van der Waals surface area contributed by atoms with Crippen molar-refractivity contribution < 1.29 is 9.47 Å². The molecule has 0 amide bonds. The third-order valence-corrected chi connectivity index (χ3v) is 17.4. The van der Waals surface area contributed by atoms with E-state index < -0.39 is 0 Å². The van der Waals surface area contributed by atoms with Crippen molar-refractivity contribution in [2.75, 3.05) is 0 Å². The van der Waals surface area contributed by atoms with E-state index >= 15 is 0 Å². The summed E-state index contributed by atoms with van der Waals surface area (Å²) >= 11 is 0. The van der Waals surface area contributed by atoms with Crippen LogP contribution in [0.1, 0.15) is 154 Å². The molecule has 3 heterocycles. The van der Waals surface area contributed by atoms with E-state index in [0.717, 1.165) is 65.1 Å². The summed E-state index contributed by atoms with van der Waals surface area (Å²) in [5.74, 6) is 9.97. The van der Waals surface area contributed by atoms with Gasteiger partial charge < -0.3 is 9.47 Å². The number of rotatable bonds is 3. The van der Waals surface area contributed by atoms with Gasteiger partial charge in [-0.25, -0.2) is 0 Å². The van der Waals surface area contributed by atoms with Gasteiger partial charge in [0.2, 0.25) is 0 Å². The largest absolute Gasteiger partial charge is 0.374 e. The first kappa shape index (κ1) is 30.6. The first-order chi connectivity index (χ1) is 22.8. The second kappa shape index (κ2) is 12.9. The van der Waals surface area contributed by atoms with Gasteiger partial charge in [-0.1, -0.05) is 83.5 Å². The monoisotopic (exact) mass is 633 g/mol. The lowest BCUT2D eigenvalue weighted by Crippen LogP contribution is -2.70. The maximum Gasteiger partial charge on any atom is 0.0891 e. The van der Waals surface area contributed by atoms with Gasteiger partial charge in [0.1, 0.15) is 0 Å². The molecule has 17 atom stereocenters. The Morgan fingerprint density at radius 1 is 0.326 bits per heavy atom. The molecule has 0 aromatic heterocycles. The van der Waals surface area contributed by atoms with Crippen LogP contribution in [0.4, 0.5) is 0 Å². The molecule has 258 valence electrons. The quantitative estimate of drug-likeness (QED) is 0.326. The normalized spacial score (nSPS) is 55.7. The number of ether oxygens (including phenoxy) is 2. The van der Waals surface area contributed by atoms with Crippen LogP contribution in [0.25, 0.3) is 0 Å². The predicted octanol–water partition coefficient (Wildman–Crippen LogP) is 9.01. The van der Waals surface area contributed by atoms with Crippen molar-refractivity contribution in [2.45, 2.75) is 197 Å². The Hall–Kier alpha value is -0.160. The summed E-state index contributed by atoms with van der Waals surface area (Å²) in [5, 5.41) is 8.77. The Balaban J connectivity index is 0.869. The zero-order valence-electron chi connectivity index (χ0n) is 29.2. The Morgan fingerprint density at radius 2 is 0.978 bits per heavy atom. The summed E-state index contributed by atoms with van der Waals surface area (Å²) in [6, 6.07) is 1.14. The van der Waals surface area contributed by atoms with Gasteiger partial charge in [-0.15, -0.1) is 0 Å². The van der Waals surface area contributed by atoms with Gasteiger partial charge in [-0.3, -0.25) is 10.6 Å². The maximum absolute atomic E-state index is 7.39. The lowest BCUT2D eigenvalue weighted by molar-refractivity contribution is -0.0899. The smallest absolute Gasteiger partial charge is 0.0891 e. The molecule has 3 aliphatic heterocycles. The van der Waals surface area contributed by atoms with Crippen molar-refractivity contribution in [1.82, 2.24) is 10.6 Å². The zero-order valence-corrected chi connectivity index (χ0v) is 29.2. The average Bonchev–Trinajstić information content (AvgIpc) is 3.69. The predicted molar refractivity (Wildman–Crippen MR) is 184 cm³/mol. The van der Waals surface area contributed by atoms with Crippen molar-refractivity contribution in [3.63, 3.8) is 0 Å². The fourth-order valence-electron chi connectivity index (χ4n) is 15.4. The third-order valence-electron chi connectivity index (χ3n) is 17.4. The molecular weight excluding hydrogens is 564 g/mol. The first-order valence-corrected chi connectivity index (χ1v) is 21.6. The van der Waals surface area contributed by atoms with Crippen molar-refractivity contribution in [2.24, 2.45) is 65.1 Å². The molecule has 10 fully saturated rings. The molecular formula is C42H68N2O2. The Morgan fingerprint density at radius 3 is 1.87 bits per heavy atom. The van der Waals surface area contributed by atoms with Crippen molar-refractivity contribution in [1.29, 1.82) is 0 Å². The van der Waals surface area contributed by atoms with E-state index in [0.29, 0.717) is 42.7 Å². The lowest BCUT2D eigenvalue weighted by atomic mass is 9.54. The van der Waals surface area contributed by atoms with Crippen LogP contribution in [0.3, 0.4) is 0 Å². The summed E-state index contributed by atoms with van der Waals surface area (Å²) in [6.07, 6.45) is 37.6. The van der Waals surface area contributed by atoms with Crippen molar-refractivity contribution in [3.05, 3.63) is 0 Å². The summed E-state index contributed by atoms with van der Waals surface area (Å²) in [5.41, 5.74) is 0. The fraction of sp³-hybridized carbons (Fsp3) is 1.00. The van der Waals surface area contributed by atoms with Crippen LogP contribution >= 0.6 is 0 Å². The fourth-order valence-corrected chi connectivity index (χ4v) is 15.4. The molecule has 2 N–H and O–H groups in total. The molecule has 0 aromatic carbocycles. The molecule has 0 bridgehead atoms. The van der Waals surface area contributed by atoms with Gasteiger partial charge in [0.15, 0.2) is 0 Å². The summed E-state index contributed by atoms with van der Waals surface area (Å²) < 4.78 is 14.5. The second-order valence-corrected chi connectivity index (χ2v) is 19.3. The summed E-state index contributed by atoms with van der Waals surface area (Å²) in [4.78, 5) is 0. The van der Waals surface area contributed by atoms with Gasteiger partial charge in [-0.2, -0.15) is 0 Å². The molecule has 7 aliphatic carbocycles. The van der Waals surface area contributed by atoms with Crippen LogP contribution in [0.5, 0.6) is 0 Å². The topological polar surface area (TPSA) is 42.5 Å². The van der Waals surface area contributed by atoms with E-state index in [1.54, 1.807) is 12.8 Å². The molecule has 10 rings (SSSR count). The number of hydrogen-bond donors (Lipinski definition) is 2. The first-order valence-electron chi connectivity index (χ1n) is 21.6. The van der Waals surface area contributed by atoms with Crippen LogP contribution < -0.4 is 10.6 Å². The summed E-state index contributed by atoms with van der Waals surface area (Å²) in [7, 11) is 0. The van der Waals surface area contributed by atoms with Gasteiger partial charge in [0.05, 0.1) is 30.6 Å². The summed E-state index contributed by atoms with van der Waals surface area (Å²) in [6.45, 7) is 0. The highest BCUT2D eigenvalue weighted by Gasteiger charge is 2.59. The maximum atomic E-state index is 7.39. The molecule has 0 aromatic rings. The molecule has 4 heteroatoms. The third kappa shape index (κ3) is 5.33. The van der Waals surface area contributed by atoms with E-state index in [9.17, 15) is 0 Å². The van der Waals surface area contributed by atoms with E-state index in [1.807, 2.05) is 0 Å². The molecule has 7 saturated carbocycles. The van der Waals surface area contributed by atoms with E-state index in [4.69, 9.17) is 9.47 Å². The highest BCUT2D eigenvalue weighted by molar-refractivity contribution is 5.11. The zero-order chi connectivity index (χ0) is 30.2. The Kier molecular flexibility index (Phi) is 8.57. The van der Waals surface area contributed by atoms with Gasteiger partial charge in [0.25, 0.3) is 0 Å². The minimum atomic E-state index is 0.399. The lowest BCUT2D eigenvalue weighted by Gasteiger charge is -2.51. The van der Waals surface area contributed by atoms with Crippen LogP contribution in [0.2, 0.25) is 0 Å². The Bertz CT molecular complexity index is 1060. The minimum absolute atomic E-state index is 0.399. The van der Waals surface area contributed by atoms with Crippen molar-refractivity contribution in [3.8, 4) is 0 Å². The number of nitrogens with one attached hydrogen (secondary N) is 2. The van der Waals surface area contributed by atoms with Crippen LogP contribution in [-0.2, 0) is 9.47 Å².